The van der Waals surface area contributed by atoms with Gasteiger partial charge in [0.05, 0.1) is 18.6 Å². The fourth-order valence-corrected chi connectivity index (χ4v) is 3.57. The lowest BCUT2D eigenvalue weighted by atomic mass is 10.1. The molecule has 1 amide bonds. The lowest BCUT2D eigenvalue weighted by Gasteiger charge is -2.19. The molecule has 3 aromatic heterocycles. The van der Waals surface area contributed by atoms with E-state index in [2.05, 4.69) is 42.0 Å². The van der Waals surface area contributed by atoms with Crippen molar-refractivity contribution in [1.29, 1.82) is 0 Å². The smallest absolute Gasteiger partial charge is 0.287 e. The van der Waals surface area contributed by atoms with Gasteiger partial charge in [-0.3, -0.25) is 4.79 Å². The number of aromatic nitrogens is 2. The molecule has 0 aliphatic carbocycles. The minimum absolute atomic E-state index is 0.274. The van der Waals surface area contributed by atoms with Crippen LogP contribution in [0.15, 0.2) is 50.6 Å². The molecule has 0 fully saturated rings. The van der Waals surface area contributed by atoms with Crippen molar-refractivity contribution in [2.75, 3.05) is 18.5 Å². The molecule has 3 rings (SSSR count). The number of anilines is 1. The zero-order valence-electron chi connectivity index (χ0n) is 17.8. The average molecular weight is 429 g/mol. The Labute approximate surface area is 181 Å². The Bertz CT molecular complexity index is 953. The highest BCUT2D eigenvalue weighted by atomic mass is 32.2. The lowest BCUT2D eigenvalue weighted by molar-refractivity contribution is 0.0919. The second-order valence-corrected chi connectivity index (χ2v) is 8.27. The molecule has 1 N–H and O–H groups in total. The van der Waals surface area contributed by atoms with E-state index in [9.17, 15) is 4.79 Å². The zero-order valence-corrected chi connectivity index (χ0v) is 18.7. The van der Waals surface area contributed by atoms with Crippen molar-refractivity contribution in [3.05, 3.63) is 59.6 Å². The van der Waals surface area contributed by atoms with Crippen molar-refractivity contribution in [2.45, 2.75) is 50.6 Å². The molecule has 3 aromatic rings. The number of carbonyl (C=O) groups excluding carboxylic acids is 1. The minimum atomic E-state index is -0.274. The molecule has 8 heteroatoms. The average Bonchev–Trinajstić information content (AvgIpc) is 3.42. The fraction of sp³-hybridized carbons (Fsp3) is 0.409. The maximum Gasteiger partial charge on any atom is 0.287 e. The van der Waals surface area contributed by atoms with Crippen LogP contribution in [-0.2, 0) is 12.3 Å². The van der Waals surface area contributed by atoms with Crippen LogP contribution in [-0.4, -0.2) is 29.5 Å². The maximum absolute atomic E-state index is 12.2. The van der Waals surface area contributed by atoms with Crippen LogP contribution in [0.2, 0.25) is 0 Å². The van der Waals surface area contributed by atoms with Crippen LogP contribution in [0.4, 0.5) is 5.82 Å². The van der Waals surface area contributed by atoms with Gasteiger partial charge in [-0.1, -0.05) is 32.5 Å². The van der Waals surface area contributed by atoms with Crippen molar-refractivity contribution in [2.24, 2.45) is 0 Å². The molecule has 0 aliphatic heterocycles. The van der Waals surface area contributed by atoms with Crippen LogP contribution >= 0.6 is 11.8 Å². The fourth-order valence-electron chi connectivity index (χ4n) is 2.82. The monoisotopic (exact) mass is 428 g/mol. The number of amides is 1. The summed E-state index contributed by atoms with van der Waals surface area (Å²) in [7, 11) is 2.05. The number of rotatable bonds is 10. The van der Waals surface area contributed by atoms with E-state index in [1.165, 1.54) is 11.8 Å². The molecule has 7 nitrogen and oxygen atoms in total. The first-order chi connectivity index (χ1) is 14.5. The molecule has 3 heterocycles. The number of nitrogens with one attached hydrogen (secondary N) is 1. The molecule has 160 valence electrons. The Morgan fingerprint density at radius 2 is 2.07 bits per heavy atom. The normalized spacial score (nSPS) is 11.1. The minimum Gasteiger partial charge on any atom is -0.467 e. The third-order valence-corrected chi connectivity index (χ3v) is 5.36. The third kappa shape index (κ3) is 5.89. The second-order valence-electron chi connectivity index (χ2n) is 7.33. The van der Waals surface area contributed by atoms with Crippen molar-refractivity contribution in [3.63, 3.8) is 0 Å². The van der Waals surface area contributed by atoms with Crippen LogP contribution in [0, 0.1) is 0 Å². The molecule has 0 saturated heterocycles. The summed E-state index contributed by atoms with van der Waals surface area (Å²) in [6, 6.07) is 9.14. The van der Waals surface area contributed by atoms with Crippen LogP contribution in [0.25, 0.3) is 0 Å². The second kappa shape index (κ2) is 10.3. The van der Waals surface area contributed by atoms with E-state index in [4.69, 9.17) is 13.8 Å². The summed E-state index contributed by atoms with van der Waals surface area (Å²) in [5.41, 5.74) is 1.02. The van der Waals surface area contributed by atoms with E-state index in [0.717, 1.165) is 24.5 Å². The highest BCUT2D eigenvalue weighted by Gasteiger charge is 2.14. The van der Waals surface area contributed by atoms with E-state index in [1.54, 1.807) is 18.4 Å². The maximum atomic E-state index is 12.2. The van der Waals surface area contributed by atoms with Gasteiger partial charge in [0.15, 0.2) is 10.9 Å². The van der Waals surface area contributed by atoms with Gasteiger partial charge in [-0.05, 0) is 36.6 Å². The molecule has 0 saturated carbocycles. The first-order valence-electron chi connectivity index (χ1n) is 10.1. The number of thioether (sulfide) groups is 1. The van der Waals surface area contributed by atoms with E-state index in [-0.39, 0.29) is 11.7 Å². The Hall–Kier alpha value is -2.74. The van der Waals surface area contributed by atoms with E-state index in [1.807, 2.05) is 19.2 Å². The summed E-state index contributed by atoms with van der Waals surface area (Å²) in [4.78, 5) is 23.8. The van der Waals surface area contributed by atoms with Crippen molar-refractivity contribution < 1.29 is 13.6 Å². The molecule has 0 aliphatic rings. The Morgan fingerprint density at radius 3 is 2.77 bits per heavy atom. The summed E-state index contributed by atoms with van der Waals surface area (Å²) < 4.78 is 10.9. The molecule has 0 unspecified atom stereocenters. The first kappa shape index (κ1) is 22.0. The summed E-state index contributed by atoms with van der Waals surface area (Å²) >= 11 is 1.50. The third-order valence-electron chi connectivity index (χ3n) is 4.49. The highest BCUT2D eigenvalue weighted by Crippen LogP contribution is 2.26. The van der Waals surface area contributed by atoms with Crippen molar-refractivity contribution in [3.8, 4) is 0 Å². The first-order valence-corrected chi connectivity index (χ1v) is 11.1. The number of hydrogen-bond acceptors (Lipinski definition) is 7. The van der Waals surface area contributed by atoms with Crippen molar-refractivity contribution >= 4 is 23.5 Å². The van der Waals surface area contributed by atoms with E-state index >= 15 is 0 Å². The van der Waals surface area contributed by atoms with Gasteiger partial charge in [-0.2, -0.15) is 0 Å². The predicted molar refractivity (Wildman–Crippen MR) is 118 cm³/mol. The molecular formula is C22H28N4O3S. The van der Waals surface area contributed by atoms with Crippen LogP contribution < -0.4 is 10.2 Å². The SMILES string of the molecule is CCCN(C)c1cc(C(C)C)nc(SCc2ccc(C(=O)NCc3ccco3)o2)n1. The Morgan fingerprint density at radius 1 is 1.23 bits per heavy atom. The van der Waals surface area contributed by atoms with E-state index in [0.29, 0.717) is 34.9 Å². The largest absolute Gasteiger partial charge is 0.467 e. The quantitative estimate of drug-likeness (QED) is 0.365. The van der Waals surface area contributed by atoms with Crippen LogP contribution in [0.1, 0.15) is 60.9 Å². The Kier molecular flexibility index (Phi) is 7.57. The van der Waals surface area contributed by atoms with Crippen LogP contribution in [0.5, 0.6) is 0 Å². The van der Waals surface area contributed by atoms with Gasteiger partial charge in [-0.15, -0.1) is 0 Å². The highest BCUT2D eigenvalue weighted by molar-refractivity contribution is 7.98. The topological polar surface area (TPSA) is 84.4 Å². The number of carbonyl (C=O) groups is 1. The zero-order chi connectivity index (χ0) is 21.5. The summed E-state index contributed by atoms with van der Waals surface area (Å²) in [5, 5.41) is 3.48. The van der Waals surface area contributed by atoms with Gasteiger partial charge >= 0.3 is 0 Å². The summed E-state index contributed by atoms with van der Waals surface area (Å²) in [6.07, 6.45) is 2.63. The number of furan rings is 2. The van der Waals surface area contributed by atoms with Gasteiger partial charge in [0.2, 0.25) is 0 Å². The summed E-state index contributed by atoms with van der Waals surface area (Å²) in [5.74, 6) is 3.18. The number of nitrogens with zero attached hydrogens (tertiary/aromatic N) is 3. The van der Waals surface area contributed by atoms with Crippen molar-refractivity contribution in [1.82, 2.24) is 15.3 Å². The number of hydrogen-bond donors (Lipinski definition) is 1. The molecule has 30 heavy (non-hydrogen) atoms. The predicted octanol–water partition coefficient (Wildman–Crippen LogP) is 4.85. The van der Waals surface area contributed by atoms with E-state index < -0.39 is 0 Å². The van der Waals surface area contributed by atoms with Gasteiger partial charge in [0, 0.05) is 25.4 Å². The molecule has 0 bridgehead atoms. The Balaban J connectivity index is 1.63. The van der Waals surface area contributed by atoms with Crippen LogP contribution in [0.3, 0.4) is 0 Å². The van der Waals surface area contributed by atoms with Gasteiger partial charge in [0.1, 0.15) is 17.3 Å². The molecule has 0 radical (unpaired) electrons. The molecule has 0 spiro atoms. The molecule has 0 atom stereocenters. The molecule has 0 aromatic carbocycles. The molecular weight excluding hydrogens is 400 g/mol. The van der Waals surface area contributed by atoms with Gasteiger partial charge in [0.25, 0.3) is 5.91 Å². The summed E-state index contributed by atoms with van der Waals surface area (Å²) in [6.45, 7) is 7.66. The standard InChI is InChI=1S/C22H28N4O3S/c1-5-10-26(4)20-12-18(15(2)3)24-22(25-20)30-14-17-8-9-19(29-17)21(27)23-13-16-7-6-11-28-16/h6-9,11-12,15H,5,10,13-14H2,1-4H3,(H,23,27). The van der Waals surface area contributed by atoms with Gasteiger partial charge < -0.3 is 19.1 Å². The van der Waals surface area contributed by atoms with Gasteiger partial charge in [-0.25, -0.2) is 9.97 Å². The lowest BCUT2D eigenvalue weighted by Crippen LogP contribution is -2.21.